The highest BCUT2D eigenvalue weighted by atomic mass is 35.5. The van der Waals surface area contributed by atoms with E-state index >= 15 is 0 Å². The summed E-state index contributed by atoms with van der Waals surface area (Å²) in [6, 6.07) is 12.0. The van der Waals surface area contributed by atoms with Crippen molar-refractivity contribution in [2.24, 2.45) is 5.92 Å². The average Bonchev–Trinajstić information content (AvgIpc) is 3.01. The lowest BCUT2D eigenvalue weighted by molar-refractivity contribution is -0.117. The summed E-state index contributed by atoms with van der Waals surface area (Å²) in [5, 5.41) is 3.95. The van der Waals surface area contributed by atoms with Crippen molar-refractivity contribution in [2.75, 3.05) is 25.1 Å². The van der Waals surface area contributed by atoms with Gasteiger partial charge in [-0.15, -0.1) is 0 Å². The zero-order valence-electron chi connectivity index (χ0n) is 14.2. The number of rotatable bonds is 5. The third-order valence-electron chi connectivity index (χ3n) is 4.30. The molecule has 0 aromatic heterocycles. The number of nitrogens with one attached hydrogen (secondary N) is 1. The number of nitrogens with zero attached hydrogens (tertiary/aromatic N) is 1. The van der Waals surface area contributed by atoms with E-state index in [1.54, 1.807) is 35.2 Å². The Bertz CT molecular complexity index is 824. The van der Waals surface area contributed by atoms with Crippen LogP contribution >= 0.6 is 23.2 Å². The molecule has 0 radical (unpaired) electrons. The summed E-state index contributed by atoms with van der Waals surface area (Å²) >= 11 is 11.9. The molecule has 0 aliphatic carbocycles. The summed E-state index contributed by atoms with van der Waals surface area (Å²) in [7, 11) is 1.50. The molecule has 3 rings (SSSR count). The van der Waals surface area contributed by atoms with Gasteiger partial charge in [-0.25, -0.2) is 0 Å². The van der Waals surface area contributed by atoms with Gasteiger partial charge in [-0.2, -0.15) is 0 Å². The number of methoxy groups -OCH3 is 1. The van der Waals surface area contributed by atoms with E-state index in [1.807, 2.05) is 12.1 Å². The van der Waals surface area contributed by atoms with Crippen LogP contribution in [0.2, 0.25) is 10.0 Å². The number of amides is 2. The lowest BCUT2D eigenvalue weighted by Crippen LogP contribution is -2.31. The van der Waals surface area contributed by atoms with Crippen molar-refractivity contribution >= 4 is 40.7 Å². The first kappa shape index (κ1) is 18.5. The molecule has 1 unspecified atom stereocenters. The largest absolute Gasteiger partial charge is 0.496 e. The first-order valence-corrected chi connectivity index (χ1v) is 8.91. The number of carbonyl (C=O) groups excluding carboxylic acids is 2. The Morgan fingerprint density at radius 2 is 1.88 bits per heavy atom. The predicted molar refractivity (Wildman–Crippen MR) is 102 cm³/mol. The van der Waals surface area contributed by atoms with Crippen LogP contribution < -0.4 is 15.0 Å². The summed E-state index contributed by atoms with van der Waals surface area (Å²) in [5.41, 5.74) is 1.18. The first-order chi connectivity index (χ1) is 12.5. The zero-order valence-corrected chi connectivity index (χ0v) is 15.7. The van der Waals surface area contributed by atoms with Crippen molar-refractivity contribution in [3.63, 3.8) is 0 Å². The maximum atomic E-state index is 12.4. The summed E-state index contributed by atoms with van der Waals surface area (Å²) in [6.07, 6.45) is 0.385. The van der Waals surface area contributed by atoms with Gasteiger partial charge in [0.25, 0.3) is 5.91 Å². The van der Waals surface area contributed by atoms with E-state index in [9.17, 15) is 9.59 Å². The fraction of sp³-hybridized carbons (Fsp3) is 0.263. The molecule has 5 nitrogen and oxygen atoms in total. The number of ether oxygens (including phenoxy) is 1. The van der Waals surface area contributed by atoms with E-state index in [0.717, 1.165) is 5.69 Å². The van der Waals surface area contributed by atoms with Crippen LogP contribution in [0, 0.1) is 5.92 Å². The Hall–Kier alpha value is -2.24. The summed E-state index contributed by atoms with van der Waals surface area (Å²) in [6.45, 7) is 0.942. The van der Waals surface area contributed by atoms with Crippen molar-refractivity contribution < 1.29 is 14.3 Å². The number of hydrogen-bond acceptors (Lipinski definition) is 3. The van der Waals surface area contributed by atoms with E-state index < -0.39 is 0 Å². The van der Waals surface area contributed by atoms with Crippen molar-refractivity contribution in [2.45, 2.75) is 6.42 Å². The van der Waals surface area contributed by atoms with Crippen molar-refractivity contribution in [3.8, 4) is 5.75 Å². The molecule has 2 aromatic carbocycles. The molecule has 136 valence electrons. The molecule has 1 aliphatic rings. The second kappa shape index (κ2) is 7.98. The number of benzene rings is 2. The van der Waals surface area contributed by atoms with E-state index in [4.69, 9.17) is 27.9 Å². The summed E-state index contributed by atoms with van der Waals surface area (Å²) in [4.78, 5) is 26.4. The molecule has 1 atom stereocenters. The highest BCUT2D eigenvalue weighted by Crippen LogP contribution is 2.26. The number of anilines is 1. The van der Waals surface area contributed by atoms with Gasteiger partial charge in [0.15, 0.2) is 0 Å². The maximum Gasteiger partial charge on any atom is 0.255 e. The van der Waals surface area contributed by atoms with Crippen LogP contribution in [0.25, 0.3) is 0 Å². The molecule has 1 fully saturated rings. The van der Waals surface area contributed by atoms with Gasteiger partial charge in [0.1, 0.15) is 5.75 Å². The maximum absolute atomic E-state index is 12.4. The van der Waals surface area contributed by atoms with Crippen LogP contribution in [0.5, 0.6) is 5.75 Å². The van der Waals surface area contributed by atoms with E-state index in [1.165, 1.54) is 7.11 Å². The van der Waals surface area contributed by atoms with Crippen LogP contribution in [-0.4, -0.2) is 32.0 Å². The van der Waals surface area contributed by atoms with Crippen LogP contribution in [0.4, 0.5) is 5.69 Å². The number of halogens is 2. The molecule has 7 heteroatoms. The predicted octanol–water partition coefficient (Wildman–Crippen LogP) is 3.78. The van der Waals surface area contributed by atoms with Gasteiger partial charge in [0, 0.05) is 41.2 Å². The molecule has 2 aromatic rings. The fourth-order valence-corrected chi connectivity index (χ4v) is 3.28. The Balaban J connectivity index is 1.62. The monoisotopic (exact) mass is 392 g/mol. The topological polar surface area (TPSA) is 58.6 Å². The standard InChI is InChI=1S/C19H18Cl2N2O3/c1-26-17-7-4-14(21)9-16(17)19(25)22-10-12-8-18(24)23(11-12)15-5-2-13(20)3-6-15/h2-7,9,12H,8,10-11H2,1H3,(H,22,25). The lowest BCUT2D eigenvalue weighted by atomic mass is 10.1. The molecule has 26 heavy (non-hydrogen) atoms. The molecular weight excluding hydrogens is 375 g/mol. The van der Waals surface area contributed by atoms with Gasteiger partial charge in [0.05, 0.1) is 12.7 Å². The van der Waals surface area contributed by atoms with E-state index in [0.29, 0.717) is 40.9 Å². The van der Waals surface area contributed by atoms with Gasteiger partial charge < -0.3 is 15.0 Å². The molecule has 2 amide bonds. The van der Waals surface area contributed by atoms with Crippen molar-refractivity contribution in [3.05, 3.63) is 58.1 Å². The number of hydrogen-bond donors (Lipinski definition) is 1. The summed E-state index contributed by atoms with van der Waals surface area (Å²) in [5.74, 6) is 0.248. The molecule has 1 N–H and O–H groups in total. The van der Waals surface area contributed by atoms with Gasteiger partial charge in [-0.3, -0.25) is 9.59 Å². The van der Waals surface area contributed by atoms with Gasteiger partial charge >= 0.3 is 0 Å². The quantitative estimate of drug-likeness (QED) is 0.841. The third kappa shape index (κ3) is 4.11. The second-order valence-corrected chi connectivity index (χ2v) is 6.98. The Kier molecular flexibility index (Phi) is 5.69. The molecule has 1 aliphatic heterocycles. The highest BCUT2D eigenvalue weighted by molar-refractivity contribution is 6.31. The molecule has 0 bridgehead atoms. The Morgan fingerprint density at radius 3 is 2.58 bits per heavy atom. The van der Waals surface area contributed by atoms with Crippen molar-refractivity contribution in [1.29, 1.82) is 0 Å². The smallest absolute Gasteiger partial charge is 0.255 e. The van der Waals surface area contributed by atoms with Crippen LogP contribution in [0.15, 0.2) is 42.5 Å². The van der Waals surface area contributed by atoms with Crippen molar-refractivity contribution in [1.82, 2.24) is 5.32 Å². The first-order valence-electron chi connectivity index (χ1n) is 8.15. The van der Waals surface area contributed by atoms with Crippen LogP contribution in [-0.2, 0) is 4.79 Å². The minimum Gasteiger partial charge on any atom is -0.496 e. The van der Waals surface area contributed by atoms with Gasteiger partial charge in [-0.1, -0.05) is 23.2 Å². The van der Waals surface area contributed by atoms with E-state index in [2.05, 4.69) is 5.32 Å². The fourth-order valence-electron chi connectivity index (χ4n) is 2.98. The van der Waals surface area contributed by atoms with Crippen LogP contribution in [0.1, 0.15) is 16.8 Å². The minimum atomic E-state index is -0.276. The summed E-state index contributed by atoms with van der Waals surface area (Å²) < 4.78 is 5.20. The third-order valence-corrected chi connectivity index (χ3v) is 4.79. The SMILES string of the molecule is COc1ccc(Cl)cc1C(=O)NCC1CC(=O)N(c2ccc(Cl)cc2)C1. The molecular formula is C19H18Cl2N2O3. The second-order valence-electron chi connectivity index (χ2n) is 6.11. The molecule has 1 heterocycles. The normalized spacial score (nSPS) is 16.7. The minimum absolute atomic E-state index is 0.0342. The highest BCUT2D eigenvalue weighted by Gasteiger charge is 2.31. The van der Waals surface area contributed by atoms with Gasteiger partial charge in [0.2, 0.25) is 5.91 Å². The Labute approximate surface area is 161 Å². The molecule has 0 spiro atoms. The van der Waals surface area contributed by atoms with E-state index in [-0.39, 0.29) is 17.7 Å². The number of carbonyl (C=O) groups is 2. The van der Waals surface area contributed by atoms with Crippen LogP contribution in [0.3, 0.4) is 0 Å². The average molecular weight is 393 g/mol. The Morgan fingerprint density at radius 1 is 1.19 bits per heavy atom. The lowest BCUT2D eigenvalue weighted by Gasteiger charge is -2.17. The zero-order chi connectivity index (χ0) is 18.7. The molecule has 1 saturated heterocycles. The molecule has 0 saturated carbocycles. The van der Waals surface area contributed by atoms with Gasteiger partial charge in [-0.05, 0) is 42.5 Å².